The van der Waals surface area contributed by atoms with Crippen molar-refractivity contribution in [3.8, 4) is 34.5 Å². The summed E-state index contributed by atoms with van der Waals surface area (Å²) in [6.07, 6.45) is 2.43. The molecule has 0 saturated carbocycles. The number of hydrogen-bond donors (Lipinski definition) is 1. The summed E-state index contributed by atoms with van der Waals surface area (Å²) >= 11 is 0. The normalized spacial score (nSPS) is 18.4. The molecule has 1 amide bonds. The number of ether oxygens (including phenoxy) is 6. The van der Waals surface area contributed by atoms with Gasteiger partial charge >= 0.3 is 0 Å². The van der Waals surface area contributed by atoms with Crippen molar-refractivity contribution in [1.29, 1.82) is 0 Å². The molecule has 0 aromatic heterocycles. The first-order chi connectivity index (χ1) is 20.3. The highest BCUT2D eigenvalue weighted by Gasteiger charge is 2.46. The van der Waals surface area contributed by atoms with E-state index in [4.69, 9.17) is 28.4 Å². The molecule has 9 nitrogen and oxygen atoms in total. The van der Waals surface area contributed by atoms with Crippen molar-refractivity contribution in [2.45, 2.75) is 38.9 Å². The molecule has 1 fully saturated rings. The van der Waals surface area contributed by atoms with Crippen LogP contribution in [0.25, 0.3) is 6.08 Å². The van der Waals surface area contributed by atoms with E-state index >= 15 is 0 Å². The summed E-state index contributed by atoms with van der Waals surface area (Å²) in [5.41, 5.74) is 5.90. The maximum atomic E-state index is 14.2. The lowest BCUT2D eigenvalue weighted by molar-refractivity contribution is -0.135. The molecule has 3 aromatic carbocycles. The predicted octanol–water partition coefficient (Wildman–Crippen LogP) is 4.99. The Morgan fingerprint density at radius 2 is 1.43 bits per heavy atom. The Kier molecular flexibility index (Phi) is 8.22. The van der Waals surface area contributed by atoms with E-state index in [0.717, 1.165) is 39.1 Å². The number of methoxy groups -OCH3 is 6. The van der Waals surface area contributed by atoms with Gasteiger partial charge in [0.1, 0.15) is 11.5 Å². The maximum absolute atomic E-state index is 14.2. The Balaban J connectivity index is 1.81. The molecule has 0 spiro atoms. The van der Waals surface area contributed by atoms with Crippen molar-refractivity contribution >= 4 is 12.0 Å². The maximum Gasteiger partial charge on any atom is 0.244 e. The molecule has 2 bridgehead atoms. The van der Waals surface area contributed by atoms with Crippen molar-refractivity contribution in [3.63, 3.8) is 0 Å². The van der Waals surface area contributed by atoms with Crippen LogP contribution in [-0.2, 0) is 17.8 Å². The highest BCUT2D eigenvalue weighted by Crippen LogP contribution is 2.52. The van der Waals surface area contributed by atoms with Gasteiger partial charge in [0, 0.05) is 39.9 Å². The molecule has 2 aliphatic heterocycles. The van der Waals surface area contributed by atoms with Gasteiger partial charge in [-0.05, 0) is 31.6 Å². The summed E-state index contributed by atoms with van der Waals surface area (Å²) in [6.45, 7) is 4.25. The lowest BCUT2D eigenvalue weighted by Crippen LogP contribution is -2.57. The number of carbonyl (C=O) groups is 1. The van der Waals surface area contributed by atoms with Gasteiger partial charge in [-0.2, -0.15) is 0 Å². The molecule has 0 aliphatic carbocycles. The molecule has 2 aliphatic rings. The molecule has 0 unspecified atom stereocenters. The third kappa shape index (κ3) is 4.67. The summed E-state index contributed by atoms with van der Waals surface area (Å²) in [4.78, 5) is 16.1. The van der Waals surface area contributed by atoms with Crippen LogP contribution >= 0.6 is 0 Å². The molecule has 5 rings (SSSR count). The minimum atomic E-state index is -0.455. The number of nitrogens with one attached hydrogen (secondary N) is 1. The standard InChI is InChI=1S/C33H38N2O7/c1-18-28(38-4)21(15-25(37-3)30(18)40-6)14-24-27-26-22(29(39-5)19(2)31(41-7)32(26)42-8)16-23(34-27)33(36)35(24)17-20-12-10-9-11-13-20/h9-15,23,27,34H,16-17H2,1-8H3/b24-14+/t23-,27+/m1/s1. The van der Waals surface area contributed by atoms with Gasteiger partial charge in [0.2, 0.25) is 5.91 Å². The van der Waals surface area contributed by atoms with E-state index < -0.39 is 12.1 Å². The van der Waals surface area contributed by atoms with Crippen LogP contribution in [0.15, 0.2) is 42.1 Å². The van der Waals surface area contributed by atoms with Crippen LogP contribution in [0.2, 0.25) is 0 Å². The Morgan fingerprint density at radius 1 is 0.810 bits per heavy atom. The first-order valence-electron chi connectivity index (χ1n) is 13.8. The molecule has 2 atom stereocenters. The fraction of sp³-hybridized carbons (Fsp3) is 0.364. The summed E-state index contributed by atoms with van der Waals surface area (Å²) in [7, 11) is 9.72. The van der Waals surface area contributed by atoms with Gasteiger partial charge in [-0.15, -0.1) is 0 Å². The van der Waals surface area contributed by atoms with Gasteiger partial charge in [0.25, 0.3) is 0 Å². The second-order valence-corrected chi connectivity index (χ2v) is 10.3. The lowest BCUT2D eigenvalue weighted by Gasteiger charge is -2.45. The Labute approximate surface area is 246 Å². The van der Waals surface area contributed by atoms with Crippen molar-refractivity contribution < 1.29 is 33.2 Å². The van der Waals surface area contributed by atoms with Crippen molar-refractivity contribution in [2.24, 2.45) is 0 Å². The fourth-order valence-corrected chi connectivity index (χ4v) is 6.34. The third-order valence-corrected chi connectivity index (χ3v) is 8.15. The molecule has 0 radical (unpaired) electrons. The summed E-state index contributed by atoms with van der Waals surface area (Å²) < 4.78 is 34.9. The Bertz CT molecular complexity index is 1530. The molecule has 9 heteroatoms. The van der Waals surface area contributed by atoms with Crippen LogP contribution < -0.4 is 33.7 Å². The molecular weight excluding hydrogens is 536 g/mol. The molecule has 42 heavy (non-hydrogen) atoms. The zero-order valence-electron chi connectivity index (χ0n) is 25.4. The van der Waals surface area contributed by atoms with Gasteiger partial charge in [-0.25, -0.2) is 0 Å². The van der Waals surface area contributed by atoms with Gasteiger partial charge in [0.15, 0.2) is 23.0 Å². The number of piperazine rings is 1. The largest absolute Gasteiger partial charge is 0.496 e. The van der Waals surface area contributed by atoms with Gasteiger partial charge in [-0.3, -0.25) is 10.1 Å². The first-order valence-corrected chi connectivity index (χ1v) is 13.8. The van der Waals surface area contributed by atoms with Gasteiger partial charge in [-0.1, -0.05) is 30.3 Å². The smallest absolute Gasteiger partial charge is 0.244 e. The van der Waals surface area contributed by atoms with E-state index in [1.54, 1.807) is 42.7 Å². The molecule has 3 aromatic rings. The van der Waals surface area contributed by atoms with E-state index in [2.05, 4.69) is 5.32 Å². The van der Waals surface area contributed by atoms with Crippen LogP contribution in [0.1, 0.15) is 39.4 Å². The predicted molar refractivity (Wildman–Crippen MR) is 160 cm³/mol. The average Bonchev–Trinajstić information content (AvgIpc) is 3.01. The van der Waals surface area contributed by atoms with Crippen molar-refractivity contribution in [1.82, 2.24) is 10.2 Å². The van der Waals surface area contributed by atoms with Crippen LogP contribution in [0.4, 0.5) is 0 Å². The Morgan fingerprint density at radius 3 is 2.02 bits per heavy atom. The molecule has 2 heterocycles. The first kappa shape index (κ1) is 29.1. The number of benzene rings is 3. The minimum Gasteiger partial charge on any atom is -0.496 e. The number of carbonyl (C=O) groups excluding carboxylic acids is 1. The van der Waals surface area contributed by atoms with E-state index in [1.807, 2.05) is 61.2 Å². The fourth-order valence-electron chi connectivity index (χ4n) is 6.34. The number of fused-ring (bicyclic) bond motifs is 4. The molecule has 222 valence electrons. The second kappa shape index (κ2) is 11.9. The minimum absolute atomic E-state index is 0.0299. The third-order valence-electron chi connectivity index (χ3n) is 8.15. The molecular formula is C33H38N2O7. The Hall–Kier alpha value is -4.37. The van der Waals surface area contributed by atoms with Gasteiger partial charge in [0.05, 0.1) is 61.3 Å². The van der Waals surface area contributed by atoms with Gasteiger partial charge < -0.3 is 33.3 Å². The van der Waals surface area contributed by atoms with Crippen LogP contribution in [0.5, 0.6) is 34.5 Å². The zero-order chi connectivity index (χ0) is 30.1. The highest BCUT2D eigenvalue weighted by molar-refractivity contribution is 5.89. The number of amides is 1. The SMILES string of the molecule is COc1cc(/C=C2\[C@@H]3N[C@H](Cc4c(OC)c(C)c(OC)c(OC)c43)C(=O)N2Cc2ccccc2)c(OC)c(C)c1OC. The van der Waals surface area contributed by atoms with Crippen LogP contribution in [0, 0.1) is 13.8 Å². The molecule has 1 N–H and O–H groups in total. The summed E-state index contributed by atoms with van der Waals surface area (Å²) in [6, 6.07) is 11.0. The number of rotatable bonds is 9. The number of hydrogen-bond acceptors (Lipinski definition) is 8. The quantitative estimate of drug-likeness (QED) is 0.383. The summed E-state index contributed by atoms with van der Waals surface area (Å²) in [5.74, 6) is 3.64. The topological polar surface area (TPSA) is 87.7 Å². The van der Waals surface area contributed by atoms with Crippen LogP contribution in [0.3, 0.4) is 0 Å². The van der Waals surface area contributed by atoms with E-state index in [9.17, 15) is 4.79 Å². The van der Waals surface area contributed by atoms with Crippen molar-refractivity contribution in [2.75, 3.05) is 42.7 Å². The van der Waals surface area contributed by atoms with Crippen molar-refractivity contribution in [3.05, 3.63) is 75.5 Å². The van der Waals surface area contributed by atoms with E-state index in [0.29, 0.717) is 47.5 Å². The average molecular weight is 575 g/mol. The second-order valence-electron chi connectivity index (χ2n) is 10.3. The van der Waals surface area contributed by atoms with Crippen LogP contribution in [-0.4, -0.2) is 59.5 Å². The monoisotopic (exact) mass is 574 g/mol. The molecule has 1 saturated heterocycles. The highest BCUT2D eigenvalue weighted by atomic mass is 16.5. The van der Waals surface area contributed by atoms with E-state index in [1.165, 1.54) is 0 Å². The van der Waals surface area contributed by atoms with E-state index in [-0.39, 0.29) is 5.91 Å². The summed E-state index contributed by atoms with van der Waals surface area (Å²) in [5, 5.41) is 3.60. The number of nitrogens with zero attached hydrogens (tertiary/aromatic N) is 1. The lowest BCUT2D eigenvalue weighted by atomic mass is 9.81. The zero-order valence-corrected chi connectivity index (χ0v) is 25.4.